The molecule has 5 aliphatic heterocycles. The van der Waals surface area contributed by atoms with Gasteiger partial charge in [0.1, 0.15) is 5.54 Å². The van der Waals surface area contributed by atoms with Gasteiger partial charge in [-0.15, -0.1) is 0 Å². The Morgan fingerprint density at radius 2 is 1.77 bits per heavy atom. The molecule has 6 nitrogen and oxygen atoms in total. The largest absolute Gasteiger partial charge is 0.326 e. The van der Waals surface area contributed by atoms with E-state index in [2.05, 4.69) is 22.0 Å². The van der Waals surface area contributed by atoms with Crippen LogP contribution in [0.4, 0.5) is 4.79 Å². The van der Waals surface area contributed by atoms with Crippen molar-refractivity contribution in [2.24, 2.45) is 11.8 Å². The minimum Gasteiger partial charge on any atom is -0.322 e. The van der Waals surface area contributed by atoms with E-state index in [4.69, 9.17) is 0 Å². The first-order valence-corrected chi connectivity index (χ1v) is 8.67. The maximum Gasteiger partial charge on any atom is 0.326 e. The fourth-order valence-corrected chi connectivity index (χ4v) is 4.63. The number of likely N-dealkylation sites (tertiary alicyclic amines) is 1. The Bertz CT molecular complexity index is 481. The molecule has 5 fully saturated rings. The number of hydrogen-bond acceptors (Lipinski definition) is 4. The summed E-state index contributed by atoms with van der Waals surface area (Å²) in [6.07, 6.45) is 4.37. The minimum atomic E-state index is -0.628. The summed E-state index contributed by atoms with van der Waals surface area (Å²) in [4.78, 5) is 31.5. The molecule has 22 heavy (non-hydrogen) atoms. The number of amides is 3. The molecule has 0 aromatic heterocycles. The lowest BCUT2D eigenvalue weighted by Crippen LogP contribution is -2.67. The van der Waals surface area contributed by atoms with Crippen LogP contribution in [0.3, 0.4) is 0 Å². The summed E-state index contributed by atoms with van der Waals surface area (Å²) in [5.41, 5.74) is -0.628. The zero-order valence-corrected chi connectivity index (χ0v) is 13.4. The summed E-state index contributed by atoms with van der Waals surface area (Å²) in [7, 11) is 0. The van der Waals surface area contributed by atoms with E-state index in [0.29, 0.717) is 19.1 Å². The molecule has 5 heterocycles. The molecule has 5 aliphatic rings. The second-order valence-electron chi connectivity index (χ2n) is 7.63. The van der Waals surface area contributed by atoms with Crippen molar-refractivity contribution < 1.29 is 9.59 Å². The predicted octanol–water partition coefficient (Wildman–Crippen LogP) is 0.692. The van der Waals surface area contributed by atoms with Crippen LogP contribution in [0.25, 0.3) is 0 Å². The van der Waals surface area contributed by atoms with Gasteiger partial charge in [-0.05, 0) is 50.6 Å². The van der Waals surface area contributed by atoms with Gasteiger partial charge in [0.2, 0.25) is 0 Å². The van der Waals surface area contributed by atoms with Gasteiger partial charge < -0.3 is 10.2 Å². The van der Waals surface area contributed by atoms with E-state index >= 15 is 0 Å². The highest BCUT2D eigenvalue weighted by Crippen LogP contribution is 2.39. The molecule has 5 saturated heterocycles. The normalized spacial score (nSPS) is 39.8. The standard InChI is InChI=1S/C16H26N4O2/c1-12-2-6-19(7-3-12)11-20-14(21)16(17-15(20)22)10-18-8-4-13(16)5-9-18/h12-13H,2-11H2,1H3,(H,17,22)/t16-/m0/s1. The summed E-state index contributed by atoms with van der Waals surface area (Å²) < 4.78 is 0. The molecule has 1 atom stereocenters. The molecule has 0 aromatic rings. The van der Waals surface area contributed by atoms with Crippen molar-refractivity contribution in [3.63, 3.8) is 0 Å². The fourth-order valence-electron chi connectivity index (χ4n) is 4.63. The zero-order valence-electron chi connectivity index (χ0n) is 13.4. The predicted molar refractivity (Wildman–Crippen MR) is 82.1 cm³/mol. The Labute approximate surface area is 131 Å². The highest BCUT2D eigenvalue weighted by molar-refractivity contribution is 6.07. The number of carbonyl (C=O) groups excluding carboxylic acids is 2. The van der Waals surface area contributed by atoms with Crippen LogP contribution < -0.4 is 5.32 Å². The Balaban J connectivity index is 1.48. The van der Waals surface area contributed by atoms with Gasteiger partial charge in [0.15, 0.2) is 0 Å². The highest BCUT2D eigenvalue weighted by atomic mass is 16.2. The van der Waals surface area contributed by atoms with Crippen LogP contribution in [0.1, 0.15) is 32.6 Å². The summed E-state index contributed by atoms with van der Waals surface area (Å²) >= 11 is 0. The van der Waals surface area contributed by atoms with Crippen molar-refractivity contribution in [2.75, 3.05) is 39.4 Å². The third-order valence-electron chi connectivity index (χ3n) is 6.18. The molecule has 0 aliphatic carbocycles. The fraction of sp³-hybridized carbons (Fsp3) is 0.875. The Kier molecular flexibility index (Phi) is 3.42. The lowest BCUT2D eigenvalue weighted by molar-refractivity contribution is -0.139. The van der Waals surface area contributed by atoms with Crippen LogP contribution in [0.15, 0.2) is 0 Å². The average Bonchev–Trinajstić information content (AvgIpc) is 2.75. The SMILES string of the molecule is CC1CCN(CN2C(=O)N[C@]3(CN4CCC3CC4)C2=O)CC1. The van der Waals surface area contributed by atoms with Crippen LogP contribution in [-0.4, -0.2) is 71.6 Å². The number of imide groups is 1. The van der Waals surface area contributed by atoms with Gasteiger partial charge in [0.25, 0.3) is 5.91 Å². The van der Waals surface area contributed by atoms with Crippen molar-refractivity contribution >= 4 is 11.9 Å². The average molecular weight is 306 g/mol. The number of carbonyl (C=O) groups is 2. The van der Waals surface area contributed by atoms with E-state index in [0.717, 1.165) is 57.8 Å². The topological polar surface area (TPSA) is 55.9 Å². The van der Waals surface area contributed by atoms with E-state index in [9.17, 15) is 9.59 Å². The van der Waals surface area contributed by atoms with Crippen LogP contribution in [0, 0.1) is 11.8 Å². The highest BCUT2D eigenvalue weighted by Gasteiger charge is 2.59. The van der Waals surface area contributed by atoms with Crippen LogP contribution in [-0.2, 0) is 4.79 Å². The maximum atomic E-state index is 13.0. The third kappa shape index (κ3) is 2.15. The first kappa shape index (κ1) is 14.5. The molecule has 0 radical (unpaired) electrons. The van der Waals surface area contributed by atoms with Crippen LogP contribution in [0.2, 0.25) is 0 Å². The monoisotopic (exact) mass is 306 g/mol. The van der Waals surface area contributed by atoms with E-state index in [1.165, 1.54) is 4.90 Å². The Hall–Kier alpha value is -1.14. The van der Waals surface area contributed by atoms with Gasteiger partial charge >= 0.3 is 6.03 Å². The molecule has 122 valence electrons. The van der Waals surface area contributed by atoms with E-state index in [1.807, 2.05) is 0 Å². The van der Waals surface area contributed by atoms with Crippen molar-refractivity contribution in [2.45, 2.75) is 38.1 Å². The van der Waals surface area contributed by atoms with Gasteiger partial charge in [-0.25, -0.2) is 9.69 Å². The number of urea groups is 1. The number of nitrogens with zero attached hydrogens (tertiary/aromatic N) is 3. The number of fused-ring (bicyclic) bond motifs is 2. The lowest BCUT2D eigenvalue weighted by atomic mass is 9.73. The molecule has 3 amide bonds. The molecule has 5 rings (SSSR count). The summed E-state index contributed by atoms with van der Waals surface area (Å²) in [5.74, 6) is 1.10. The first-order chi connectivity index (χ1) is 10.6. The Morgan fingerprint density at radius 3 is 2.36 bits per heavy atom. The molecule has 0 saturated carbocycles. The quantitative estimate of drug-likeness (QED) is 0.763. The van der Waals surface area contributed by atoms with Gasteiger partial charge in [0.05, 0.1) is 6.67 Å². The first-order valence-electron chi connectivity index (χ1n) is 8.67. The van der Waals surface area contributed by atoms with Crippen LogP contribution >= 0.6 is 0 Å². The second kappa shape index (κ2) is 5.20. The third-order valence-corrected chi connectivity index (χ3v) is 6.18. The second-order valence-corrected chi connectivity index (χ2v) is 7.63. The van der Waals surface area contributed by atoms with Gasteiger partial charge in [0, 0.05) is 19.6 Å². The van der Waals surface area contributed by atoms with Gasteiger partial charge in [-0.3, -0.25) is 9.69 Å². The van der Waals surface area contributed by atoms with Crippen molar-refractivity contribution in [1.82, 2.24) is 20.0 Å². The minimum absolute atomic E-state index is 0.0190. The zero-order chi connectivity index (χ0) is 15.3. The number of piperidine rings is 4. The maximum absolute atomic E-state index is 13.0. The lowest BCUT2D eigenvalue weighted by Gasteiger charge is -2.49. The molecular formula is C16H26N4O2. The summed E-state index contributed by atoms with van der Waals surface area (Å²) in [6.45, 7) is 7.55. The number of rotatable bonds is 2. The summed E-state index contributed by atoms with van der Waals surface area (Å²) in [5, 5.41) is 3.07. The number of hydrogen-bond donors (Lipinski definition) is 1. The summed E-state index contributed by atoms with van der Waals surface area (Å²) in [6, 6.07) is -0.183. The molecule has 2 bridgehead atoms. The van der Waals surface area contributed by atoms with Crippen molar-refractivity contribution in [3.05, 3.63) is 0 Å². The van der Waals surface area contributed by atoms with Gasteiger partial charge in [-0.1, -0.05) is 6.92 Å². The van der Waals surface area contributed by atoms with Crippen LogP contribution in [0.5, 0.6) is 0 Å². The van der Waals surface area contributed by atoms with E-state index in [-0.39, 0.29) is 11.9 Å². The molecule has 1 spiro atoms. The number of nitrogens with one attached hydrogen (secondary N) is 1. The van der Waals surface area contributed by atoms with E-state index < -0.39 is 5.54 Å². The van der Waals surface area contributed by atoms with E-state index in [1.54, 1.807) is 0 Å². The molecule has 1 N–H and O–H groups in total. The molecule has 0 unspecified atom stereocenters. The molecular weight excluding hydrogens is 280 g/mol. The van der Waals surface area contributed by atoms with Crippen molar-refractivity contribution in [1.29, 1.82) is 0 Å². The van der Waals surface area contributed by atoms with Gasteiger partial charge in [-0.2, -0.15) is 0 Å². The van der Waals surface area contributed by atoms with Crippen molar-refractivity contribution in [3.8, 4) is 0 Å². The molecule has 0 aromatic carbocycles. The smallest absolute Gasteiger partial charge is 0.322 e. The molecule has 6 heteroatoms. The Morgan fingerprint density at radius 1 is 1.09 bits per heavy atom.